The number of hydrogen-bond acceptors (Lipinski definition) is 5. The third kappa shape index (κ3) is 5.57. The molecule has 21 heavy (non-hydrogen) atoms. The lowest BCUT2D eigenvalue weighted by atomic mass is 10.3. The Hall–Kier alpha value is -1.85. The van der Waals surface area contributed by atoms with Crippen LogP contribution in [0.15, 0.2) is 42.7 Å². The van der Waals surface area contributed by atoms with Gasteiger partial charge in [0, 0.05) is 42.7 Å². The Morgan fingerprint density at radius 3 is 2.57 bits per heavy atom. The monoisotopic (exact) mass is 305 g/mol. The lowest BCUT2D eigenvalue weighted by molar-refractivity contribution is 0.724. The van der Waals surface area contributed by atoms with Crippen LogP contribution in [-0.2, 0) is 0 Å². The number of anilines is 2. The number of halogens is 1. The highest BCUT2D eigenvalue weighted by Crippen LogP contribution is 2.10. The molecule has 0 spiro atoms. The van der Waals surface area contributed by atoms with Crippen LogP contribution >= 0.6 is 11.6 Å². The van der Waals surface area contributed by atoms with Crippen LogP contribution in [0.5, 0.6) is 0 Å². The predicted octanol–water partition coefficient (Wildman–Crippen LogP) is 2.20. The van der Waals surface area contributed by atoms with Gasteiger partial charge in [-0.15, -0.1) is 0 Å². The summed E-state index contributed by atoms with van der Waals surface area (Å²) in [6.07, 6.45) is 4.75. The largest absolute Gasteiger partial charge is 0.399 e. The molecule has 1 aromatic carbocycles. The van der Waals surface area contributed by atoms with Crippen LogP contribution in [0.2, 0.25) is 5.02 Å². The maximum Gasteiger partial charge on any atom is 0.225 e. The third-order valence-electron chi connectivity index (χ3n) is 3.02. The number of nitrogen functional groups attached to an aromatic ring is 1. The lowest BCUT2D eigenvalue weighted by Crippen LogP contribution is -2.29. The van der Waals surface area contributed by atoms with Gasteiger partial charge in [0.15, 0.2) is 0 Å². The smallest absolute Gasteiger partial charge is 0.225 e. The van der Waals surface area contributed by atoms with Crippen molar-refractivity contribution in [3.05, 3.63) is 47.7 Å². The Labute approximate surface area is 130 Å². The Balaban J connectivity index is 0.000000173. The van der Waals surface area contributed by atoms with Crippen LogP contribution in [0.4, 0.5) is 11.6 Å². The number of rotatable bonds is 1. The van der Waals surface area contributed by atoms with E-state index in [1.165, 1.54) is 0 Å². The van der Waals surface area contributed by atoms with Gasteiger partial charge in [-0.2, -0.15) is 0 Å². The number of nitrogens with two attached hydrogens (primary N) is 1. The van der Waals surface area contributed by atoms with Gasteiger partial charge < -0.3 is 16.0 Å². The predicted molar refractivity (Wildman–Crippen MR) is 87.6 cm³/mol. The fraction of sp³-hybridized carbons (Fsp3) is 0.333. The Kier molecular flexibility index (Phi) is 6.24. The van der Waals surface area contributed by atoms with Gasteiger partial charge >= 0.3 is 0 Å². The molecule has 1 fully saturated rings. The van der Waals surface area contributed by atoms with E-state index in [-0.39, 0.29) is 0 Å². The van der Waals surface area contributed by atoms with Crippen molar-refractivity contribution < 1.29 is 0 Å². The highest BCUT2D eigenvalue weighted by Gasteiger charge is 2.10. The molecule has 112 valence electrons. The van der Waals surface area contributed by atoms with Crippen molar-refractivity contribution in [2.45, 2.75) is 6.42 Å². The molecule has 6 heteroatoms. The maximum absolute atomic E-state index is 5.56. The summed E-state index contributed by atoms with van der Waals surface area (Å²) in [5, 5.41) is 4.03. The molecule has 2 aromatic rings. The van der Waals surface area contributed by atoms with E-state index in [4.69, 9.17) is 17.3 Å². The first kappa shape index (κ1) is 15.5. The zero-order valence-electron chi connectivity index (χ0n) is 11.9. The van der Waals surface area contributed by atoms with E-state index in [9.17, 15) is 0 Å². The van der Waals surface area contributed by atoms with Crippen molar-refractivity contribution in [3.8, 4) is 0 Å². The number of nitrogens with one attached hydrogen (secondary N) is 1. The average molecular weight is 306 g/mol. The Morgan fingerprint density at radius 1 is 1.10 bits per heavy atom. The second-order valence-electron chi connectivity index (χ2n) is 4.69. The topological polar surface area (TPSA) is 67.1 Å². The van der Waals surface area contributed by atoms with Crippen LogP contribution in [0, 0.1) is 0 Å². The second kappa shape index (κ2) is 8.44. The van der Waals surface area contributed by atoms with E-state index in [0.29, 0.717) is 10.7 Å². The molecule has 1 aliphatic rings. The van der Waals surface area contributed by atoms with Gasteiger partial charge in [-0.25, -0.2) is 9.97 Å². The van der Waals surface area contributed by atoms with Crippen molar-refractivity contribution >= 4 is 23.2 Å². The van der Waals surface area contributed by atoms with E-state index >= 15 is 0 Å². The van der Waals surface area contributed by atoms with E-state index in [2.05, 4.69) is 20.2 Å². The van der Waals surface area contributed by atoms with Crippen LogP contribution < -0.4 is 16.0 Å². The summed E-state index contributed by atoms with van der Waals surface area (Å²) in [4.78, 5) is 10.7. The van der Waals surface area contributed by atoms with Crippen molar-refractivity contribution in [3.63, 3.8) is 0 Å². The van der Waals surface area contributed by atoms with E-state index in [1.54, 1.807) is 30.6 Å². The van der Waals surface area contributed by atoms with Gasteiger partial charge in [0.1, 0.15) is 0 Å². The number of nitrogens with zero attached hydrogens (tertiary/aromatic N) is 3. The Morgan fingerprint density at radius 2 is 1.90 bits per heavy atom. The summed E-state index contributed by atoms with van der Waals surface area (Å²) in [6.45, 7) is 4.18. The van der Waals surface area contributed by atoms with Crippen molar-refractivity contribution in [1.82, 2.24) is 15.3 Å². The molecule has 5 nitrogen and oxygen atoms in total. The standard InChI is InChI=1S/C9H14N4.C6H6ClN/c1-4-11-9(12-5-1)13-7-2-3-10-6-8-13;7-5-2-1-3-6(8)4-5/h1,4-5,10H,2-3,6-8H2;1-4H,8H2. The molecule has 0 saturated carbocycles. The zero-order chi connectivity index (χ0) is 14.9. The molecular weight excluding hydrogens is 286 g/mol. The maximum atomic E-state index is 5.56. The molecule has 0 bridgehead atoms. The van der Waals surface area contributed by atoms with Crippen molar-refractivity contribution in [2.24, 2.45) is 0 Å². The fourth-order valence-electron chi connectivity index (χ4n) is 2.01. The van der Waals surface area contributed by atoms with E-state index < -0.39 is 0 Å². The average Bonchev–Trinajstić information content (AvgIpc) is 2.78. The highest BCUT2D eigenvalue weighted by atomic mass is 35.5. The molecule has 1 aromatic heterocycles. The van der Waals surface area contributed by atoms with Gasteiger partial charge in [-0.3, -0.25) is 0 Å². The van der Waals surface area contributed by atoms with Gasteiger partial charge in [-0.1, -0.05) is 17.7 Å². The highest BCUT2D eigenvalue weighted by molar-refractivity contribution is 6.30. The van der Waals surface area contributed by atoms with Crippen molar-refractivity contribution in [2.75, 3.05) is 36.8 Å². The fourth-order valence-corrected chi connectivity index (χ4v) is 2.21. The second-order valence-corrected chi connectivity index (χ2v) is 5.13. The minimum Gasteiger partial charge on any atom is -0.399 e. The molecule has 0 aliphatic carbocycles. The SMILES string of the molecule is Nc1cccc(Cl)c1.c1cnc(N2CCCNCC2)nc1. The van der Waals surface area contributed by atoms with Crippen LogP contribution in [0.1, 0.15) is 6.42 Å². The molecular formula is C15H20ClN5. The van der Waals surface area contributed by atoms with Gasteiger partial charge in [0.05, 0.1) is 0 Å². The lowest BCUT2D eigenvalue weighted by Gasteiger charge is -2.18. The Bertz CT molecular complexity index is 509. The van der Waals surface area contributed by atoms with Crippen LogP contribution in [0.25, 0.3) is 0 Å². The minimum absolute atomic E-state index is 0.685. The normalized spacial score (nSPS) is 14.8. The van der Waals surface area contributed by atoms with E-state index in [0.717, 1.165) is 38.5 Å². The molecule has 0 radical (unpaired) electrons. The third-order valence-corrected chi connectivity index (χ3v) is 3.26. The molecule has 0 unspecified atom stereocenters. The quantitative estimate of drug-likeness (QED) is 0.791. The summed E-state index contributed by atoms with van der Waals surface area (Å²) in [6, 6.07) is 8.96. The summed E-state index contributed by atoms with van der Waals surface area (Å²) < 4.78 is 0. The summed E-state index contributed by atoms with van der Waals surface area (Å²) in [7, 11) is 0. The summed E-state index contributed by atoms with van der Waals surface area (Å²) in [5.74, 6) is 0.853. The molecule has 1 saturated heterocycles. The van der Waals surface area contributed by atoms with E-state index in [1.807, 2.05) is 12.1 Å². The van der Waals surface area contributed by atoms with Crippen molar-refractivity contribution in [1.29, 1.82) is 0 Å². The summed E-state index contributed by atoms with van der Waals surface area (Å²) in [5.41, 5.74) is 6.08. The first-order valence-corrected chi connectivity index (χ1v) is 7.37. The molecule has 3 rings (SSSR count). The molecule has 0 atom stereocenters. The number of aromatic nitrogens is 2. The van der Waals surface area contributed by atoms with Gasteiger partial charge in [0.25, 0.3) is 0 Å². The number of benzene rings is 1. The molecule has 3 N–H and O–H groups in total. The molecule has 0 amide bonds. The van der Waals surface area contributed by atoms with Crippen LogP contribution in [0.3, 0.4) is 0 Å². The minimum atomic E-state index is 0.685. The number of hydrogen-bond donors (Lipinski definition) is 2. The molecule has 1 aliphatic heterocycles. The summed E-state index contributed by atoms with van der Waals surface area (Å²) >= 11 is 5.56. The van der Waals surface area contributed by atoms with Gasteiger partial charge in [-0.05, 0) is 37.2 Å². The first-order valence-electron chi connectivity index (χ1n) is 6.99. The first-order chi connectivity index (χ1) is 10.3. The van der Waals surface area contributed by atoms with Gasteiger partial charge in [0.2, 0.25) is 5.95 Å². The van der Waals surface area contributed by atoms with Crippen LogP contribution in [-0.4, -0.2) is 36.1 Å². The molecule has 2 heterocycles. The zero-order valence-corrected chi connectivity index (χ0v) is 12.6.